The van der Waals surface area contributed by atoms with Gasteiger partial charge in [-0.1, -0.05) is 41.9 Å². The highest BCUT2D eigenvalue weighted by atomic mass is 127. The van der Waals surface area contributed by atoms with Gasteiger partial charge >= 0.3 is 0 Å². The van der Waals surface area contributed by atoms with Gasteiger partial charge in [0.15, 0.2) is 11.5 Å². The second-order valence-electron chi connectivity index (χ2n) is 8.76. The van der Waals surface area contributed by atoms with Gasteiger partial charge < -0.3 is 14.8 Å². The quantitative estimate of drug-likeness (QED) is 0.191. The lowest BCUT2D eigenvalue weighted by Gasteiger charge is -2.15. The fourth-order valence-electron chi connectivity index (χ4n) is 3.93. The molecular weight excluding hydrogens is 651 g/mol. The smallest absolute Gasteiger partial charge is 0.294 e. The molecule has 0 atom stereocenters. The third kappa shape index (κ3) is 7.14. The van der Waals surface area contributed by atoms with Gasteiger partial charge in [-0.05, 0) is 108 Å². The number of amides is 3. The molecule has 3 aromatic rings. The van der Waals surface area contributed by atoms with Crippen LogP contribution in [0.15, 0.2) is 59.5 Å². The SMILES string of the molecule is CCOc1cc(/C=C2/SC(=O)N(CC(=O)Nc3c(C)cccc3C)C2=O)cc(I)c1OCc1ccc(Cl)cc1. The average molecular weight is 677 g/mol. The van der Waals surface area contributed by atoms with Crippen molar-refractivity contribution in [3.05, 3.63) is 90.3 Å². The first-order chi connectivity index (χ1) is 18.7. The third-order valence-electron chi connectivity index (χ3n) is 5.85. The van der Waals surface area contributed by atoms with E-state index < -0.39 is 17.1 Å². The van der Waals surface area contributed by atoms with Crippen LogP contribution in [0.1, 0.15) is 29.2 Å². The van der Waals surface area contributed by atoms with E-state index in [0.29, 0.717) is 41.0 Å². The molecule has 0 aromatic heterocycles. The Morgan fingerprint density at radius 2 is 1.77 bits per heavy atom. The van der Waals surface area contributed by atoms with Crippen molar-refractivity contribution >= 4 is 74.8 Å². The van der Waals surface area contributed by atoms with Gasteiger partial charge in [-0.25, -0.2) is 0 Å². The number of hydrogen-bond donors (Lipinski definition) is 1. The molecule has 1 saturated heterocycles. The Morgan fingerprint density at radius 1 is 1.08 bits per heavy atom. The Bertz CT molecular complexity index is 1440. The first kappa shape index (κ1) is 29.0. The Morgan fingerprint density at radius 3 is 2.44 bits per heavy atom. The molecule has 0 radical (unpaired) electrons. The molecule has 1 fully saturated rings. The van der Waals surface area contributed by atoms with Gasteiger partial charge in [0.25, 0.3) is 11.1 Å². The molecule has 10 heteroatoms. The molecule has 7 nitrogen and oxygen atoms in total. The molecule has 1 aliphatic heterocycles. The summed E-state index contributed by atoms with van der Waals surface area (Å²) in [6.45, 7) is 6.03. The van der Waals surface area contributed by atoms with Crippen LogP contribution < -0.4 is 14.8 Å². The second kappa shape index (κ2) is 12.9. The lowest BCUT2D eigenvalue weighted by Crippen LogP contribution is -2.36. The highest BCUT2D eigenvalue weighted by Crippen LogP contribution is 2.38. The van der Waals surface area contributed by atoms with Gasteiger partial charge in [0.1, 0.15) is 13.2 Å². The lowest BCUT2D eigenvalue weighted by molar-refractivity contribution is -0.127. The zero-order chi connectivity index (χ0) is 28.1. The number of anilines is 1. The van der Waals surface area contributed by atoms with E-state index in [9.17, 15) is 14.4 Å². The largest absolute Gasteiger partial charge is 0.490 e. The van der Waals surface area contributed by atoms with Crippen LogP contribution in [-0.4, -0.2) is 35.1 Å². The zero-order valence-electron chi connectivity index (χ0n) is 21.5. The van der Waals surface area contributed by atoms with E-state index in [1.165, 1.54) is 0 Å². The van der Waals surface area contributed by atoms with Crippen molar-refractivity contribution < 1.29 is 23.9 Å². The minimum atomic E-state index is -0.516. The summed E-state index contributed by atoms with van der Waals surface area (Å²) in [5.74, 6) is 0.154. The van der Waals surface area contributed by atoms with Crippen LogP contribution in [0.3, 0.4) is 0 Å². The van der Waals surface area contributed by atoms with E-state index in [4.69, 9.17) is 21.1 Å². The van der Waals surface area contributed by atoms with E-state index in [1.54, 1.807) is 24.3 Å². The maximum Gasteiger partial charge on any atom is 0.294 e. The highest BCUT2D eigenvalue weighted by molar-refractivity contribution is 14.1. The molecule has 202 valence electrons. The predicted molar refractivity (Wildman–Crippen MR) is 163 cm³/mol. The molecule has 0 bridgehead atoms. The zero-order valence-corrected chi connectivity index (χ0v) is 25.3. The van der Waals surface area contributed by atoms with Crippen molar-refractivity contribution in [2.45, 2.75) is 27.4 Å². The molecule has 0 aliphatic carbocycles. The van der Waals surface area contributed by atoms with E-state index >= 15 is 0 Å². The number of aryl methyl sites for hydroxylation is 2. The second-order valence-corrected chi connectivity index (χ2v) is 11.4. The monoisotopic (exact) mass is 676 g/mol. The minimum Gasteiger partial charge on any atom is -0.490 e. The van der Waals surface area contributed by atoms with Crippen molar-refractivity contribution in [3.8, 4) is 11.5 Å². The van der Waals surface area contributed by atoms with Crippen molar-refractivity contribution in [1.82, 2.24) is 4.90 Å². The Labute approximate surface area is 250 Å². The lowest BCUT2D eigenvalue weighted by atomic mass is 10.1. The summed E-state index contributed by atoms with van der Waals surface area (Å²) in [6.07, 6.45) is 1.63. The molecule has 1 N–H and O–H groups in total. The van der Waals surface area contributed by atoms with E-state index in [2.05, 4.69) is 27.9 Å². The number of carbonyl (C=O) groups excluding carboxylic acids is 3. The first-order valence-electron chi connectivity index (χ1n) is 12.1. The van der Waals surface area contributed by atoms with E-state index in [-0.39, 0.29) is 11.4 Å². The maximum atomic E-state index is 13.1. The topological polar surface area (TPSA) is 84.9 Å². The van der Waals surface area contributed by atoms with Crippen LogP contribution in [0.4, 0.5) is 10.5 Å². The molecule has 4 rings (SSSR count). The number of nitrogens with one attached hydrogen (secondary N) is 1. The molecule has 1 aliphatic rings. The van der Waals surface area contributed by atoms with Crippen molar-refractivity contribution in [2.24, 2.45) is 0 Å². The van der Waals surface area contributed by atoms with Crippen LogP contribution in [-0.2, 0) is 16.2 Å². The number of para-hydroxylation sites is 1. The number of ether oxygens (including phenoxy) is 2. The number of benzene rings is 3. The molecule has 3 aromatic carbocycles. The van der Waals surface area contributed by atoms with Crippen molar-refractivity contribution in [1.29, 1.82) is 0 Å². The van der Waals surface area contributed by atoms with Crippen molar-refractivity contribution in [2.75, 3.05) is 18.5 Å². The molecule has 3 amide bonds. The van der Waals surface area contributed by atoms with E-state index in [0.717, 1.165) is 36.9 Å². The summed E-state index contributed by atoms with van der Waals surface area (Å²) in [7, 11) is 0. The summed E-state index contributed by atoms with van der Waals surface area (Å²) in [4.78, 5) is 39.6. The minimum absolute atomic E-state index is 0.230. The number of halogens is 2. The van der Waals surface area contributed by atoms with Crippen LogP contribution >= 0.6 is 46.0 Å². The maximum absolute atomic E-state index is 13.1. The van der Waals surface area contributed by atoms with Gasteiger partial charge in [-0.15, -0.1) is 0 Å². The highest BCUT2D eigenvalue weighted by Gasteiger charge is 2.36. The van der Waals surface area contributed by atoms with Gasteiger partial charge in [0, 0.05) is 10.7 Å². The van der Waals surface area contributed by atoms with Gasteiger partial charge in [-0.3, -0.25) is 19.3 Å². The summed E-state index contributed by atoms with van der Waals surface area (Å²) >= 11 is 8.92. The number of imide groups is 1. The Kier molecular flexibility index (Phi) is 9.58. The van der Waals surface area contributed by atoms with Crippen molar-refractivity contribution in [3.63, 3.8) is 0 Å². The molecule has 39 heavy (non-hydrogen) atoms. The number of thioether (sulfide) groups is 1. The number of carbonyl (C=O) groups is 3. The van der Waals surface area contributed by atoms with Crippen LogP contribution in [0.25, 0.3) is 6.08 Å². The number of rotatable bonds is 9. The average Bonchev–Trinajstić information content (AvgIpc) is 3.14. The first-order valence-corrected chi connectivity index (χ1v) is 14.4. The summed E-state index contributed by atoms with van der Waals surface area (Å²) in [5.41, 5.74) is 4.11. The van der Waals surface area contributed by atoms with Crippen LogP contribution in [0, 0.1) is 17.4 Å². The molecule has 0 saturated carbocycles. The molecular formula is C29H26ClIN2O5S. The molecule has 1 heterocycles. The molecule has 0 unspecified atom stereocenters. The fourth-order valence-corrected chi connectivity index (χ4v) is 5.68. The van der Waals surface area contributed by atoms with Gasteiger partial charge in [-0.2, -0.15) is 0 Å². The summed E-state index contributed by atoms with van der Waals surface area (Å²) in [6, 6.07) is 16.7. The van der Waals surface area contributed by atoms with Crippen LogP contribution in [0.5, 0.6) is 11.5 Å². The number of nitrogens with zero attached hydrogens (tertiary/aromatic N) is 1. The van der Waals surface area contributed by atoms with E-state index in [1.807, 2.05) is 57.2 Å². The standard InChI is InChI=1S/C29H26ClIN2O5S/c1-4-37-23-13-20(12-22(31)27(23)38-16-19-8-10-21(30)11-9-19)14-24-28(35)33(29(36)39-24)15-25(34)32-26-17(2)6-5-7-18(26)3/h5-14H,4,15-16H2,1-3H3,(H,32,34)/b24-14+. The van der Waals surface area contributed by atoms with Crippen LogP contribution in [0.2, 0.25) is 5.02 Å². The summed E-state index contributed by atoms with van der Waals surface area (Å²) in [5, 5.41) is 2.98. The number of hydrogen-bond acceptors (Lipinski definition) is 6. The van der Waals surface area contributed by atoms with Gasteiger partial charge in [0.05, 0.1) is 15.1 Å². The normalized spacial score (nSPS) is 14.2. The summed E-state index contributed by atoms with van der Waals surface area (Å²) < 4.78 is 12.7. The Hall–Kier alpha value is -3.02. The molecule has 0 spiro atoms. The Balaban J connectivity index is 1.50. The third-order valence-corrected chi connectivity index (χ3v) is 7.81. The predicted octanol–water partition coefficient (Wildman–Crippen LogP) is 7.21. The van der Waals surface area contributed by atoms with Gasteiger partial charge in [0.2, 0.25) is 5.91 Å². The fraction of sp³-hybridized carbons (Fsp3) is 0.207.